The molecule has 2 rings (SSSR count). The van der Waals surface area contributed by atoms with Crippen LogP contribution in [-0.4, -0.2) is 36.0 Å². The van der Waals surface area contributed by atoms with Crippen molar-refractivity contribution in [1.29, 1.82) is 0 Å². The molecule has 108 valence electrons. The van der Waals surface area contributed by atoms with Gasteiger partial charge in [0.2, 0.25) is 0 Å². The molecule has 4 nitrogen and oxygen atoms in total. The molecular weight excluding hydrogens is 266 g/mol. The average molecular weight is 283 g/mol. The maximum absolute atomic E-state index is 12.1. The van der Waals surface area contributed by atoms with E-state index in [0.29, 0.717) is 11.1 Å². The van der Waals surface area contributed by atoms with E-state index >= 15 is 0 Å². The van der Waals surface area contributed by atoms with Crippen molar-refractivity contribution in [3.8, 4) is 11.1 Å². The topological polar surface area (TPSA) is 57.6 Å². The molecule has 0 bridgehead atoms. The Morgan fingerprint density at radius 1 is 1.00 bits per heavy atom. The highest BCUT2D eigenvalue weighted by Gasteiger charge is 2.16. The molecule has 1 amide bonds. The molecule has 0 aliphatic heterocycles. The van der Waals surface area contributed by atoms with E-state index in [0.717, 1.165) is 11.1 Å². The number of carboxylic acids is 1. The van der Waals surface area contributed by atoms with Crippen LogP contribution in [0, 0.1) is 0 Å². The first-order chi connectivity index (χ1) is 9.99. The summed E-state index contributed by atoms with van der Waals surface area (Å²) in [4.78, 5) is 24.6. The van der Waals surface area contributed by atoms with Gasteiger partial charge in [0, 0.05) is 19.7 Å². The van der Waals surface area contributed by atoms with Crippen LogP contribution in [0.25, 0.3) is 11.1 Å². The van der Waals surface area contributed by atoms with E-state index in [1.807, 2.05) is 36.4 Å². The summed E-state index contributed by atoms with van der Waals surface area (Å²) in [6, 6.07) is 15.0. The van der Waals surface area contributed by atoms with Gasteiger partial charge >= 0.3 is 5.97 Å². The van der Waals surface area contributed by atoms with Crippen LogP contribution in [0.3, 0.4) is 0 Å². The van der Waals surface area contributed by atoms with Crippen molar-refractivity contribution in [2.45, 2.75) is 6.42 Å². The van der Waals surface area contributed by atoms with E-state index in [2.05, 4.69) is 0 Å². The average Bonchev–Trinajstić information content (AvgIpc) is 2.46. The monoisotopic (exact) mass is 283 g/mol. The first-order valence-corrected chi connectivity index (χ1v) is 6.61. The number of rotatable bonds is 4. The van der Waals surface area contributed by atoms with Gasteiger partial charge in [-0.2, -0.15) is 0 Å². The molecule has 0 spiro atoms. The maximum atomic E-state index is 12.1. The number of hydrogen-bond donors (Lipinski definition) is 1. The second kappa shape index (κ2) is 6.22. The SMILES string of the molecule is CN(C)C(=O)c1ccc(-c2ccccc2)cc1CC(=O)O. The molecule has 0 saturated heterocycles. The summed E-state index contributed by atoms with van der Waals surface area (Å²) in [5, 5.41) is 9.05. The number of carbonyl (C=O) groups excluding carboxylic acids is 1. The Kier molecular flexibility index (Phi) is 4.38. The number of nitrogens with zero attached hydrogens (tertiary/aromatic N) is 1. The predicted octanol–water partition coefficient (Wildman–Crippen LogP) is 2.68. The minimum absolute atomic E-state index is 0.171. The lowest BCUT2D eigenvalue weighted by molar-refractivity contribution is -0.136. The highest BCUT2D eigenvalue weighted by molar-refractivity contribution is 5.97. The smallest absolute Gasteiger partial charge is 0.307 e. The number of benzene rings is 2. The van der Waals surface area contributed by atoms with Crippen LogP contribution in [0.4, 0.5) is 0 Å². The van der Waals surface area contributed by atoms with Gasteiger partial charge in [-0.25, -0.2) is 0 Å². The normalized spacial score (nSPS) is 10.2. The van der Waals surface area contributed by atoms with Crippen LogP contribution in [0.1, 0.15) is 15.9 Å². The third-order valence-electron chi connectivity index (χ3n) is 3.19. The van der Waals surface area contributed by atoms with Gasteiger partial charge in [-0.05, 0) is 28.8 Å². The van der Waals surface area contributed by atoms with Gasteiger partial charge < -0.3 is 10.0 Å². The summed E-state index contributed by atoms with van der Waals surface area (Å²) in [6.45, 7) is 0. The van der Waals surface area contributed by atoms with Crippen molar-refractivity contribution in [2.75, 3.05) is 14.1 Å². The Balaban J connectivity index is 2.49. The van der Waals surface area contributed by atoms with Crippen molar-refractivity contribution in [3.63, 3.8) is 0 Å². The van der Waals surface area contributed by atoms with Gasteiger partial charge in [0.15, 0.2) is 0 Å². The van der Waals surface area contributed by atoms with E-state index < -0.39 is 5.97 Å². The zero-order chi connectivity index (χ0) is 15.4. The molecule has 0 saturated carbocycles. The first-order valence-electron chi connectivity index (χ1n) is 6.61. The Morgan fingerprint density at radius 3 is 2.24 bits per heavy atom. The zero-order valence-corrected chi connectivity index (χ0v) is 12.0. The van der Waals surface area contributed by atoms with Gasteiger partial charge in [-0.1, -0.05) is 36.4 Å². The van der Waals surface area contributed by atoms with Crippen molar-refractivity contribution < 1.29 is 14.7 Å². The fourth-order valence-electron chi connectivity index (χ4n) is 2.16. The molecule has 21 heavy (non-hydrogen) atoms. The second-order valence-electron chi connectivity index (χ2n) is 5.01. The first kappa shape index (κ1) is 14.8. The molecular formula is C17H17NO3. The standard InChI is InChI=1S/C17H17NO3/c1-18(2)17(21)15-9-8-13(10-14(15)11-16(19)20)12-6-4-3-5-7-12/h3-10H,11H2,1-2H3,(H,19,20). The van der Waals surface area contributed by atoms with Crippen LogP contribution >= 0.6 is 0 Å². The number of aliphatic carboxylic acids is 1. The quantitative estimate of drug-likeness (QED) is 0.938. The van der Waals surface area contributed by atoms with Gasteiger partial charge in [0.25, 0.3) is 5.91 Å². The molecule has 1 N–H and O–H groups in total. The minimum atomic E-state index is -0.951. The van der Waals surface area contributed by atoms with Gasteiger partial charge in [0.1, 0.15) is 0 Å². The summed E-state index contributed by atoms with van der Waals surface area (Å²) >= 11 is 0. The zero-order valence-electron chi connectivity index (χ0n) is 12.0. The lowest BCUT2D eigenvalue weighted by Crippen LogP contribution is -2.23. The molecule has 2 aromatic rings. The highest BCUT2D eigenvalue weighted by Crippen LogP contribution is 2.23. The molecule has 0 heterocycles. The fraction of sp³-hybridized carbons (Fsp3) is 0.176. The number of carbonyl (C=O) groups is 2. The molecule has 0 unspecified atom stereocenters. The lowest BCUT2D eigenvalue weighted by atomic mass is 9.96. The van der Waals surface area contributed by atoms with Crippen molar-refractivity contribution in [1.82, 2.24) is 4.90 Å². The number of carboxylic acid groups (broad SMARTS) is 1. The Bertz CT molecular complexity index is 663. The molecule has 0 atom stereocenters. The van der Waals surface area contributed by atoms with Crippen molar-refractivity contribution >= 4 is 11.9 Å². The molecule has 0 aromatic heterocycles. The molecule has 0 fully saturated rings. The lowest BCUT2D eigenvalue weighted by Gasteiger charge is -2.14. The van der Waals surface area contributed by atoms with Gasteiger partial charge in [0.05, 0.1) is 6.42 Å². The van der Waals surface area contributed by atoms with E-state index in [9.17, 15) is 9.59 Å². The van der Waals surface area contributed by atoms with E-state index in [1.54, 1.807) is 26.2 Å². The van der Waals surface area contributed by atoms with E-state index in [-0.39, 0.29) is 12.3 Å². The molecule has 0 aliphatic rings. The molecule has 4 heteroatoms. The summed E-state index contributed by atoms with van der Waals surface area (Å²) in [5.74, 6) is -1.14. The molecule has 0 aliphatic carbocycles. The van der Waals surface area contributed by atoms with Crippen LogP contribution < -0.4 is 0 Å². The maximum Gasteiger partial charge on any atom is 0.307 e. The van der Waals surface area contributed by atoms with Crippen LogP contribution in [0.15, 0.2) is 48.5 Å². The van der Waals surface area contributed by atoms with E-state index in [1.165, 1.54) is 4.90 Å². The minimum Gasteiger partial charge on any atom is -0.481 e. The Morgan fingerprint density at radius 2 is 1.67 bits per heavy atom. The van der Waals surface area contributed by atoms with Crippen LogP contribution in [-0.2, 0) is 11.2 Å². The number of hydrogen-bond acceptors (Lipinski definition) is 2. The largest absolute Gasteiger partial charge is 0.481 e. The van der Waals surface area contributed by atoms with Gasteiger partial charge in [-0.3, -0.25) is 9.59 Å². The third kappa shape index (κ3) is 3.48. The van der Waals surface area contributed by atoms with E-state index in [4.69, 9.17) is 5.11 Å². The predicted molar refractivity (Wildman–Crippen MR) is 81.2 cm³/mol. The highest BCUT2D eigenvalue weighted by atomic mass is 16.4. The molecule has 2 aromatic carbocycles. The summed E-state index contributed by atoms with van der Waals surface area (Å²) in [5.41, 5.74) is 2.86. The fourth-order valence-corrected chi connectivity index (χ4v) is 2.16. The van der Waals surface area contributed by atoms with Crippen LogP contribution in [0.5, 0.6) is 0 Å². The third-order valence-corrected chi connectivity index (χ3v) is 3.19. The van der Waals surface area contributed by atoms with Gasteiger partial charge in [-0.15, -0.1) is 0 Å². The van der Waals surface area contributed by atoms with Crippen molar-refractivity contribution in [2.24, 2.45) is 0 Å². The van der Waals surface area contributed by atoms with Crippen molar-refractivity contribution in [3.05, 3.63) is 59.7 Å². The Labute approximate surface area is 123 Å². The second-order valence-corrected chi connectivity index (χ2v) is 5.01. The Hall–Kier alpha value is -2.62. The summed E-state index contributed by atoms with van der Waals surface area (Å²) in [6.07, 6.45) is -0.171. The number of amides is 1. The summed E-state index contributed by atoms with van der Waals surface area (Å²) < 4.78 is 0. The summed E-state index contributed by atoms with van der Waals surface area (Å²) in [7, 11) is 3.30. The van der Waals surface area contributed by atoms with Crippen LogP contribution in [0.2, 0.25) is 0 Å². The molecule has 0 radical (unpaired) electrons.